The second kappa shape index (κ2) is 12.0. The molecule has 2 aromatic rings. The Balaban J connectivity index is 1.32. The molecule has 0 saturated carbocycles. The van der Waals surface area contributed by atoms with Crippen LogP contribution in [-0.2, 0) is 16.0 Å². The second-order valence-electron chi connectivity index (χ2n) is 8.08. The Hall–Kier alpha value is -3.42. The molecule has 0 aromatic heterocycles. The first-order valence-corrected chi connectivity index (χ1v) is 11.2. The van der Waals surface area contributed by atoms with E-state index in [-0.39, 0.29) is 23.8 Å². The standard InChI is InChI=1S/C25H30FN3O4/c1-33-22-6-3-2-5-19(22)17-24(31)29-15-12-21(13-16-29)28-23(30)7-4-14-27-25(32)18-8-10-20(26)11-9-18/h2-3,5-6,8-11,21H,4,7,12-17H2,1H3,(H,27,32)(H,28,30). The van der Waals surface area contributed by atoms with E-state index in [0.29, 0.717) is 63.1 Å². The third-order valence-electron chi connectivity index (χ3n) is 5.72. The molecule has 2 N–H and O–H groups in total. The zero-order valence-corrected chi connectivity index (χ0v) is 18.8. The van der Waals surface area contributed by atoms with Crippen LogP contribution in [0, 0.1) is 5.82 Å². The van der Waals surface area contributed by atoms with Gasteiger partial charge in [0.15, 0.2) is 0 Å². The van der Waals surface area contributed by atoms with Gasteiger partial charge in [-0.3, -0.25) is 14.4 Å². The van der Waals surface area contributed by atoms with E-state index in [1.807, 2.05) is 29.2 Å². The summed E-state index contributed by atoms with van der Waals surface area (Å²) in [5.74, 6) is 0.0169. The lowest BCUT2D eigenvalue weighted by molar-refractivity contribution is -0.131. The molecule has 0 aliphatic carbocycles. The molecule has 3 amide bonds. The molecular formula is C25H30FN3O4. The number of halogens is 1. The van der Waals surface area contributed by atoms with Gasteiger partial charge in [-0.15, -0.1) is 0 Å². The summed E-state index contributed by atoms with van der Waals surface area (Å²) in [4.78, 5) is 38.7. The van der Waals surface area contributed by atoms with Crippen LogP contribution in [0.1, 0.15) is 41.6 Å². The third-order valence-corrected chi connectivity index (χ3v) is 5.72. The first-order valence-electron chi connectivity index (χ1n) is 11.2. The van der Waals surface area contributed by atoms with Gasteiger partial charge in [0.05, 0.1) is 13.5 Å². The van der Waals surface area contributed by atoms with E-state index in [2.05, 4.69) is 10.6 Å². The molecule has 0 spiro atoms. The topological polar surface area (TPSA) is 87.7 Å². The number of carbonyl (C=O) groups is 3. The van der Waals surface area contributed by atoms with Gasteiger partial charge in [-0.05, 0) is 49.6 Å². The van der Waals surface area contributed by atoms with Crippen LogP contribution < -0.4 is 15.4 Å². The van der Waals surface area contributed by atoms with E-state index < -0.39 is 5.82 Å². The number of likely N-dealkylation sites (tertiary alicyclic amines) is 1. The van der Waals surface area contributed by atoms with E-state index in [9.17, 15) is 18.8 Å². The average Bonchev–Trinajstić information content (AvgIpc) is 2.83. The molecule has 1 saturated heterocycles. The van der Waals surface area contributed by atoms with Gasteiger partial charge < -0.3 is 20.3 Å². The highest BCUT2D eigenvalue weighted by Gasteiger charge is 2.24. The van der Waals surface area contributed by atoms with Crippen molar-refractivity contribution in [1.29, 1.82) is 0 Å². The number of rotatable bonds is 9. The lowest BCUT2D eigenvalue weighted by Crippen LogP contribution is -2.47. The number of nitrogens with one attached hydrogen (secondary N) is 2. The minimum absolute atomic E-state index is 0.0432. The van der Waals surface area contributed by atoms with Crippen molar-refractivity contribution in [2.75, 3.05) is 26.7 Å². The van der Waals surface area contributed by atoms with Crippen molar-refractivity contribution >= 4 is 17.7 Å². The number of benzene rings is 2. The highest BCUT2D eigenvalue weighted by molar-refractivity contribution is 5.94. The minimum Gasteiger partial charge on any atom is -0.496 e. The fourth-order valence-electron chi connectivity index (χ4n) is 3.85. The van der Waals surface area contributed by atoms with Crippen molar-refractivity contribution in [1.82, 2.24) is 15.5 Å². The number of amides is 3. The first-order chi connectivity index (χ1) is 16.0. The van der Waals surface area contributed by atoms with Crippen molar-refractivity contribution in [2.45, 2.75) is 38.1 Å². The Kier molecular flexibility index (Phi) is 8.80. The van der Waals surface area contributed by atoms with Gasteiger partial charge in [0.2, 0.25) is 11.8 Å². The molecule has 0 radical (unpaired) electrons. The first kappa shape index (κ1) is 24.2. The average molecular weight is 456 g/mol. The highest BCUT2D eigenvalue weighted by Crippen LogP contribution is 2.20. The molecule has 0 bridgehead atoms. The van der Waals surface area contributed by atoms with Crippen LogP contribution in [0.3, 0.4) is 0 Å². The lowest BCUT2D eigenvalue weighted by Gasteiger charge is -2.32. The van der Waals surface area contributed by atoms with Crippen LogP contribution in [0.15, 0.2) is 48.5 Å². The Morgan fingerprint density at radius 2 is 1.76 bits per heavy atom. The van der Waals surface area contributed by atoms with Crippen LogP contribution >= 0.6 is 0 Å². The lowest BCUT2D eigenvalue weighted by atomic mass is 10.0. The van der Waals surface area contributed by atoms with Crippen molar-refractivity contribution in [2.24, 2.45) is 0 Å². The summed E-state index contributed by atoms with van der Waals surface area (Å²) in [5.41, 5.74) is 1.25. The second-order valence-corrected chi connectivity index (χ2v) is 8.08. The maximum absolute atomic E-state index is 12.9. The van der Waals surface area contributed by atoms with Crippen LogP contribution in [0.25, 0.3) is 0 Å². The molecule has 3 rings (SSSR count). The smallest absolute Gasteiger partial charge is 0.251 e. The molecule has 1 aliphatic rings. The molecule has 7 nitrogen and oxygen atoms in total. The van der Waals surface area contributed by atoms with Crippen molar-refractivity contribution < 1.29 is 23.5 Å². The molecule has 0 unspecified atom stereocenters. The predicted molar refractivity (Wildman–Crippen MR) is 122 cm³/mol. The summed E-state index contributed by atoms with van der Waals surface area (Å²) in [6.45, 7) is 1.57. The molecular weight excluding hydrogens is 425 g/mol. The maximum atomic E-state index is 12.9. The number of piperidine rings is 1. The Bertz CT molecular complexity index is 956. The molecule has 176 valence electrons. The molecule has 1 fully saturated rings. The molecule has 8 heteroatoms. The number of hydrogen-bond acceptors (Lipinski definition) is 4. The molecule has 2 aromatic carbocycles. The summed E-state index contributed by atoms with van der Waals surface area (Å²) in [6.07, 6.45) is 2.53. The summed E-state index contributed by atoms with van der Waals surface area (Å²) in [7, 11) is 1.59. The highest BCUT2D eigenvalue weighted by atomic mass is 19.1. The normalized spacial score (nSPS) is 13.9. The fraction of sp³-hybridized carbons (Fsp3) is 0.400. The van der Waals surface area contributed by atoms with Gasteiger partial charge in [0.25, 0.3) is 5.91 Å². The van der Waals surface area contributed by atoms with E-state index in [4.69, 9.17) is 4.74 Å². The fourth-order valence-corrected chi connectivity index (χ4v) is 3.85. The molecule has 33 heavy (non-hydrogen) atoms. The maximum Gasteiger partial charge on any atom is 0.251 e. The zero-order valence-electron chi connectivity index (χ0n) is 18.8. The summed E-state index contributed by atoms with van der Waals surface area (Å²) in [5, 5.41) is 5.75. The van der Waals surface area contributed by atoms with E-state index in [0.717, 1.165) is 5.56 Å². The van der Waals surface area contributed by atoms with E-state index in [1.54, 1.807) is 7.11 Å². The van der Waals surface area contributed by atoms with E-state index >= 15 is 0 Å². The van der Waals surface area contributed by atoms with Gasteiger partial charge in [-0.1, -0.05) is 18.2 Å². The number of nitrogens with zero attached hydrogens (tertiary/aromatic N) is 1. The molecule has 1 aliphatic heterocycles. The Labute approximate surface area is 193 Å². The Morgan fingerprint density at radius 3 is 2.45 bits per heavy atom. The van der Waals surface area contributed by atoms with E-state index in [1.165, 1.54) is 24.3 Å². The van der Waals surface area contributed by atoms with Crippen molar-refractivity contribution in [3.8, 4) is 5.75 Å². The SMILES string of the molecule is COc1ccccc1CC(=O)N1CCC(NC(=O)CCCNC(=O)c2ccc(F)cc2)CC1. The zero-order chi connectivity index (χ0) is 23.6. The third kappa shape index (κ3) is 7.30. The summed E-state index contributed by atoms with van der Waals surface area (Å²) in [6, 6.07) is 12.9. The van der Waals surface area contributed by atoms with Crippen LogP contribution in [0.4, 0.5) is 4.39 Å². The Morgan fingerprint density at radius 1 is 1.06 bits per heavy atom. The van der Waals surface area contributed by atoms with Crippen molar-refractivity contribution in [3.63, 3.8) is 0 Å². The monoisotopic (exact) mass is 455 g/mol. The summed E-state index contributed by atoms with van der Waals surface area (Å²) < 4.78 is 18.2. The van der Waals surface area contributed by atoms with Crippen LogP contribution in [0.5, 0.6) is 5.75 Å². The van der Waals surface area contributed by atoms with Gasteiger partial charge in [-0.2, -0.15) is 0 Å². The van der Waals surface area contributed by atoms with Crippen LogP contribution in [0.2, 0.25) is 0 Å². The summed E-state index contributed by atoms with van der Waals surface area (Å²) >= 11 is 0. The minimum atomic E-state index is -0.394. The number of hydrogen-bond donors (Lipinski definition) is 2. The van der Waals surface area contributed by atoms with Gasteiger partial charge >= 0.3 is 0 Å². The molecule has 0 atom stereocenters. The van der Waals surface area contributed by atoms with Gasteiger partial charge in [-0.25, -0.2) is 4.39 Å². The largest absolute Gasteiger partial charge is 0.496 e. The van der Waals surface area contributed by atoms with Crippen LogP contribution in [-0.4, -0.2) is 55.4 Å². The van der Waals surface area contributed by atoms with Crippen molar-refractivity contribution in [3.05, 3.63) is 65.5 Å². The van der Waals surface area contributed by atoms with Gasteiger partial charge in [0, 0.05) is 43.2 Å². The van der Waals surface area contributed by atoms with Gasteiger partial charge in [0.1, 0.15) is 11.6 Å². The number of carbonyl (C=O) groups excluding carboxylic acids is 3. The molecule has 1 heterocycles. The quantitative estimate of drug-likeness (QED) is 0.569. The number of ether oxygens (including phenoxy) is 1. The number of para-hydroxylation sites is 1. The number of methoxy groups -OCH3 is 1. The predicted octanol–water partition coefficient (Wildman–Crippen LogP) is 2.69.